The van der Waals surface area contributed by atoms with Gasteiger partial charge in [-0.25, -0.2) is 5.43 Å². The van der Waals surface area contributed by atoms with E-state index in [0.29, 0.717) is 13.2 Å². The van der Waals surface area contributed by atoms with Crippen molar-refractivity contribution in [3.63, 3.8) is 0 Å². The third-order valence-electron chi connectivity index (χ3n) is 2.97. The minimum Gasteiger partial charge on any atom is -0.491 e. The molecule has 0 aliphatic carbocycles. The van der Waals surface area contributed by atoms with Crippen LogP contribution >= 0.6 is 0 Å². The number of hydrogen-bond acceptors (Lipinski definition) is 5. The molecule has 3 N–H and O–H groups in total. The van der Waals surface area contributed by atoms with E-state index < -0.39 is 0 Å². The van der Waals surface area contributed by atoms with Crippen molar-refractivity contribution in [2.45, 2.75) is 6.04 Å². The van der Waals surface area contributed by atoms with Crippen LogP contribution in [0.4, 0.5) is 0 Å². The molecule has 1 atom stereocenters. The number of para-hydroxylation sites is 1. The van der Waals surface area contributed by atoms with E-state index in [1.165, 1.54) is 0 Å². The lowest BCUT2D eigenvalue weighted by molar-refractivity contribution is 0.145. The molecule has 0 bridgehead atoms. The van der Waals surface area contributed by atoms with Gasteiger partial charge < -0.3 is 9.47 Å². The molecule has 0 fully saturated rings. The summed E-state index contributed by atoms with van der Waals surface area (Å²) < 4.78 is 12.5. The number of aromatic nitrogens is 2. The zero-order valence-corrected chi connectivity index (χ0v) is 11.7. The molecule has 2 aromatic rings. The summed E-state index contributed by atoms with van der Waals surface area (Å²) in [5.41, 5.74) is 4.59. The topological polar surface area (TPSA) is 74.3 Å². The van der Waals surface area contributed by atoms with Crippen molar-refractivity contribution in [3.8, 4) is 5.75 Å². The van der Waals surface area contributed by atoms with Crippen molar-refractivity contribution in [3.05, 3.63) is 47.8 Å². The second-order valence-corrected chi connectivity index (χ2v) is 4.39. The van der Waals surface area contributed by atoms with Crippen molar-refractivity contribution in [2.24, 2.45) is 12.9 Å². The van der Waals surface area contributed by atoms with Crippen LogP contribution in [0.3, 0.4) is 0 Å². The lowest BCUT2D eigenvalue weighted by Crippen LogP contribution is -2.29. The van der Waals surface area contributed by atoms with Crippen molar-refractivity contribution < 1.29 is 9.47 Å². The van der Waals surface area contributed by atoms with Crippen molar-refractivity contribution in [2.75, 3.05) is 20.3 Å². The number of rotatable bonds is 7. The number of nitrogens with one attached hydrogen (secondary N) is 1. The molecule has 1 unspecified atom stereocenters. The molecule has 0 aliphatic rings. The molecule has 0 aliphatic heterocycles. The standard InChI is InChI=1S/C14H20N4O2/c1-18-8-7-12(17-18)14(16-15)11-5-3-4-6-13(11)20-10-9-19-2/h3-8,14,16H,9-10,15H2,1-2H3. The number of benzene rings is 1. The predicted molar refractivity (Wildman–Crippen MR) is 76.2 cm³/mol. The Morgan fingerprint density at radius 2 is 2.10 bits per heavy atom. The molecule has 0 spiro atoms. The molecule has 2 rings (SSSR count). The number of nitrogens with two attached hydrogens (primary N) is 1. The average molecular weight is 276 g/mol. The molecule has 0 saturated carbocycles. The highest BCUT2D eigenvalue weighted by molar-refractivity contribution is 5.39. The number of aryl methyl sites for hydroxylation is 1. The maximum Gasteiger partial charge on any atom is 0.124 e. The van der Waals surface area contributed by atoms with Gasteiger partial charge in [-0.2, -0.15) is 5.10 Å². The Morgan fingerprint density at radius 3 is 2.75 bits per heavy atom. The summed E-state index contributed by atoms with van der Waals surface area (Å²) in [6.07, 6.45) is 1.88. The predicted octanol–water partition coefficient (Wildman–Crippen LogP) is 0.998. The van der Waals surface area contributed by atoms with Gasteiger partial charge in [-0.3, -0.25) is 10.5 Å². The van der Waals surface area contributed by atoms with Gasteiger partial charge in [-0.15, -0.1) is 0 Å². The Balaban J connectivity index is 2.25. The lowest BCUT2D eigenvalue weighted by atomic mass is 10.0. The van der Waals surface area contributed by atoms with Crippen LogP contribution in [0.5, 0.6) is 5.75 Å². The Morgan fingerprint density at radius 1 is 1.30 bits per heavy atom. The Kier molecular flexibility index (Phi) is 5.11. The number of hydrazine groups is 1. The summed E-state index contributed by atoms with van der Waals surface area (Å²) in [4.78, 5) is 0. The highest BCUT2D eigenvalue weighted by Gasteiger charge is 2.19. The smallest absolute Gasteiger partial charge is 0.124 e. The molecule has 6 heteroatoms. The van der Waals surface area contributed by atoms with Crippen LogP contribution in [0.2, 0.25) is 0 Å². The fourth-order valence-electron chi connectivity index (χ4n) is 2.01. The van der Waals surface area contributed by atoms with E-state index >= 15 is 0 Å². The molecule has 0 saturated heterocycles. The number of hydrogen-bond donors (Lipinski definition) is 2. The van der Waals surface area contributed by atoms with Gasteiger partial charge in [-0.1, -0.05) is 18.2 Å². The van der Waals surface area contributed by atoms with Gasteiger partial charge in [-0.05, 0) is 12.1 Å². The van der Waals surface area contributed by atoms with Crippen LogP contribution in [0.1, 0.15) is 17.3 Å². The second kappa shape index (κ2) is 7.04. The molecule has 108 valence electrons. The summed E-state index contributed by atoms with van der Waals surface area (Å²) in [5, 5.41) is 4.39. The molecule has 1 heterocycles. The van der Waals surface area contributed by atoms with E-state index in [1.807, 2.05) is 43.6 Å². The largest absolute Gasteiger partial charge is 0.491 e. The van der Waals surface area contributed by atoms with Gasteiger partial charge in [0.25, 0.3) is 0 Å². The van der Waals surface area contributed by atoms with Crippen LogP contribution in [0.25, 0.3) is 0 Å². The third kappa shape index (κ3) is 3.36. The van der Waals surface area contributed by atoms with Crippen LogP contribution in [0, 0.1) is 0 Å². The molecule has 20 heavy (non-hydrogen) atoms. The molecule has 1 aromatic carbocycles. The van der Waals surface area contributed by atoms with Crippen molar-refractivity contribution in [1.29, 1.82) is 0 Å². The number of ether oxygens (including phenoxy) is 2. The van der Waals surface area contributed by atoms with E-state index in [0.717, 1.165) is 17.0 Å². The van der Waals surface area contributed by atoms with Crippen LogP contribution in [-0.2, 0) is 11.8 Å². The first-order chi connectivity index (χ1) is 9.76. The number of methoxy groups -OCH3 is 1. The summed E-state index contributed by atoms with van der Waals surface area (Å²) in [5.74, 6) is 6.47. The summed E-state index contributed by atoms with van der Waals surface area (Å²) in [6, 6.07) is 9.48. The zero-order valence-electron chi connectivity index (χ0n) is 11.7. The maximum absolute atomic E-state index is 5.73. The minimum atomic E-state index is -0.213. The van der Waals surface area contributed by atoms with E-state index in [9.17, 15) is 0 Å². The van der Waals surface area contributed by atoms with Crippen LogP contribution in [0.15, 0.2) is 36.5 Å². The van der Waals surface area contributed by atoms with Crippen LogP contribution in [-0.4, -0.2) is 30.1 Å². The summed E-state index contributed by atoms with van der Waals surface area (Å²) in [6.45, 7) is 1.03. The average Bonchev–Trinajstić information content (AvgIpc) is 2.88. The fourth-order valence-corrected chi connectivity index (χ4v) is 2.01. The second-order valence-electron chi connectivity index (χ2n) is 4.39. The van der Waals surface area contributed by atoms with Gasteiger partial charge in [0, 0.05) is 25.9 Å². The molecular weight excluding hydrogens is 256 g/mol. The van der Waals surface area contributed by atoms with E-state index in [1.54, 1.807) is 11.8 Å². The minimum absolute atomic E-state index is 0.213. The van der Waals surface area contributed by atoms with Gasteiger partial charge >= 0.3 is 0 Å². The molecule has 0 radical (unpaired) electrons. The van der Waals surface area contributed by atoms with E-state index in [2.05, 4.69) is 10.5 Å². The molecule has 6 nitrogen and oxygen atoms in total. The first-order valence-corrected chi connectivity index (χ1v) is 6.42. The van der Waals surface area contributed by atoms with Gasteiger partial charge in [0.2, 0.25) is 0 Å². The summed E-state index contributed by atoms with van der Waals surface area (Å²) >= 11 is 0. The van der Waals surface area contributed by atoms with Crippen molar-refractivity contribution in [1.82, 2.24) is 15.2 Å². The summed E-state index contributed by atoms with van der Waals surface area (Å²) in [7, 11) is 3.52. The van der Waals surface area contributed by atoms with E-state index in [4.69, 9.17) is 15.3 Å². The first-order valence-electron chi connectivity index (χ1n) is 6.42. The fraction of sp³-hybridized carbons (Fsp3) is 0.357. The first kappa shape index (κ1) is 14.5. The van der Waals surface area contributed by atoms with Crippen LogP contribution < -0.4 is 16.0 Å². The molecule has 1 aromatic heterocycles. The molecular formula is C14H20N4O2. The lowest BCUT2D eigenvalue weighted by Gasteiger charge is -2.18. The van der Waals surface area contributed by atoms with Crippen molar-refractivity contribution >= 4 is 0 Å². The highest BCUT2D eigenvalue weighted by Crippen LogP contribution is 2.28. The Labute approximate surface area is 118 Å². The molecule has 0 amide bonds. The Bertz CT molecular complexity index is 541. The van der Waals surface area contributed by atoms with Gasteiger partial charge in [0.1, 0.15) is 12.4 Å². The van der Waals surface area contributed by atoms with Gasteiger partial charge in [0.15, 0.2) is 0 Å². The quantitative estimate of drug-likeness (QED) is 0.448. The zero-order chi connectivity index (χ0) is 14.4. The SMILES string of the molecule is COCCOc1ccccc1C(NN)c1ccn(C)n1. The third-order valence-corrected chi connectivity index (χ3v) is 2.97. The van der Waals surface area contributed by atoms with Gasteiger partial charge in [0.05, 0.1) is 18.3 Å². The maximum atomic E-state index is 5.73. The number of nitrogens with zero attached hydrogens (tertiary/aromatic N) is 2. The monoisotopic (exact) mass is 276 g/mol. The highest BCUT2D eigenvalue weighted by atomic mass is 16.5. The normalized spacial score (nSPS) is 12.3. The Hall–Kier alpha value is -1.89. The van der Waals surface area contributed by atoms with E-state index in [-0.39, 0.29) is 6.04 Å².